The predicted octanol–water partition coefficient (Wildman–Crippen LogP) is 4.14. The Morgan fingerprint density at radius 1 is 1.52 bits per heavy atom. The molecule has 21 heavy (non-hydrogen) atoms. The molecule has 1 atom stereocenters. The Morgan fingerprint density at radius 3 is 2.86 bits per heavy atom. The van der Waals surface area contributed by atoms with E-state index in [0.717, 1.165) is 12.1 Å². The van der Waals surface area contributed by atoms with Gasteiger partial charge in [-0.2, -0.15) is 18.2 Å². The molecule has 0 spiro atoms. The summed E-state index contributed by atoms with van der Waals surface area (Å²) in [7, 11) is 1.20. The Labute approximate surface area is 136 Å². The number of carbonyl (C=O) groups is 1. The third kappa shape index (κ3) is 4.02. The first-order valence-electron chi connectivity index (χ1n) is 5.73. The highest BCUT2D eigenvalue weighted by molar-refractivity contribution is 14.1. The first-order valence-corrected chi connectivity index (χ1v) is 7.86. The molecule has 1 aromatic rings. The number of hydrogen-bond acceptors (Lipinski definition) is 3. The number of aliphatic imine (C=N–C) groups is 1. The molecule has 0 saturated carbocycles. The molecule has 1 amide bonds. The van der Waals surface area contributed by atoms with Crippen LogP contribution in [0.3, 0.4) is 0 Å². The van der Waals surface area contributed by atoms with Crippen molar-refractivity contribution >= 4 is 51.3 Å². The van der Waals surface area contributed by atoms with Gasteiger partial charge >= 0.3 is 12.3 Å². The van der Waals surface area contributed by atoms with Crippen molar-refractivity contribution in [2.75, 3.05) is 18.6 Å². The molecular weight excluding hydrogens is 420 g/mol. The second-order valence-electron chi connectivity index (χ2n) is 4.05. The third-order valence-corrected chi connectivity index (χ3v) is 4.72. The molecule has 1 aliphatic rings. The van der Waals surface area contributed by atoms with E-state index in [-0.39, 0.29) is 3.26 Å². The predicted molar refractivity (Wildman–Crippen MR) is 84.0 cm³/mol. The summed E-state index contributed by atoms with van der Waals surface area (Å²) in [5.74, 6) is 0. The van der Waals surface area contributed by atoms with Crippen LogP contribution in [0.4, 0.5) is 23.7 Å². The van der Waals surface area contributed by atoms with E-state index in [9.17, 15) is 18.0 Å². The molecule has 4 nitrogen and oxygen atoms in total. The molecular formula is C12H10F3IN2O2S. The average molecular weight is 430 g/mol. The van der Waals surface area contributed by atoms with Crippen molar-refractivity contribution in [1.82, 2.24) is 0 Å². The van der Waals surface area contributed by atoms with Crippen LogP contribution in [-0.4, -0.2) is 28.2 Å². The zero-order valence-electron chi connectivity index (χ0n) is 10.7. The van der Waals surface area contributed by atoms with Crippen molar-refractivity contribution in [1.29, 1.82) is 0 Å². The summed E-state index contributed by atoms with van der Waals surface area (Å²) in [6, 6.07) is 4.93. The molecule has 1 heterocycles. The van der Waals surface area contributed by atoms with Crippen molar-refractivity contribution in [2.45, 2.75) is 9.43 Å². The topological polar surface area (TPSA) is 41.9 Å². The summed E-state index contributed by atoms with van der Waals surface area (Å²) < 4.78 is 42.8. The number of nitrogens with zero attached hydrogens (tertiary/aromatic N) is 2. The number of amidine groups is 1. The van der Waals surface area contributed by atoms with E-state index in [2.05, 4.69) is 32.3 Å². The summed E-state index contributed by atoms with van der Waals surface area (Å²) in [4.78, 5) is 16.6. The molecule has 0 bridgehead atoms. The summed E-state index contributed by atoms with van der Waals surface area (Å²) in [6.07, 6.45) is -5.19. The molecule has 114 valence electrons. The van der Waals surface area contributed by atoms with Crippen LogP contribution in [0.15, 0.2) is 29.3 Å². The number of hydrogen-bond donors (Lipinski definition) is 0. The van der Waals surface area contributed by atoms with Crippen molar-refractivity contribution in [3.8, 4) is 0 Å². The van der Waals surface area contributed by atoms with Crippen LogP contribution < -0.4 is 4.90 Å². The van der Waals surface area contributed by atoms with Crippen molar-refractivity contribution in [3.63, 3.8) is 0 Å². The first kappa shape index (κ1) is 16.4. The van der Waals surface area contributed by atoms with Gasteiger partial charge in [0.15, 0.2) is 5.17 Å². The van der Waals surface area contributed by atoms with Gasteiger partial charge < -0.3 is 9.64 Å². The lowest BCUT2D eigenvalue weighted by Gasteiger charge is -2.19. The largest absolute Gasteiger partial charge is 0.451 e. The van der Waals surface area contributed by atoms with Crippen LogP contribution in [0.5, 0.6) is 0 Å². The molecule has 9 heteroatoms. The van der Waals surface area contributed by atoms with Crippen LogP contribution in [0, 0.1) is 0 Å². The summed E-state index contributed by atoms with van der Waals surface area (Å²) in [5, 5.41) is 0.334. The highest BCUT2D eigenvalue weighted by Gasteiger charge is 2.33. The Morgan fingerprint density at radius 2 is 2.24 bits per heavy atom. The van der Waals surface area contributed by atoms with Gasteiger partial charge in [0.1, 0.15) is 0 Å². The number of rotatable bonds is 1. The molecule has 1 saturated heterocycles. The van der Waals surface area contributed by atoms with E-state index in [4.69, 9.17) is 0 Å². The fourth-order valence-electron chi connectivity index (χ4n) is 1.71. The van der Waals surface area contributed by atoms with Gasteiger partial charge in [0, 0.05) is 12.2 Å². The number of alkyl halides is 4. The molecule has 2 rings (SSSR count). The van der Waals surface area contributed by atoms with E-state index in [1.165, 1.54) is 24.9 Å². The minimum Gasteiger partial charge on any atom is -0.451 e. The number of benzene rings is 1. The number of anilines is 1. The lowest BCUT2D eigenvalue weighted by Crippen LogP contribution is -2.25. The zero-order valence-corrected chi connectivity index (χ0v) is 13.7. The van der Waals surface area contributed by atoms with E-state index < -0.39 is 17.8 Å². The first-order chi connectivity index (χ1) is 9.81. The van der Waals surface area contributed by atoms with Crippen molar-refractivity contribution in [3.05, 3.63) is 29.8 Å². The van der Waals surface area contributed by atoms with Gasteiger partial charge in [-0.25, -0.2) is 4.79 Å². The minimum absolute atomic E-state index is 0.0838. The third-order valence-electron chi connectivity index (χ3n) is 2.64. The molecule has 1 fully saturated rings. The maximum absolute atomic E-state index is 12.8. The fourth-order valence-corrected chi connectivity index (χ4v) is 3.68. The maximum atomic E-state index is 12.8. The zero-order chi connectivity index (χ0) is 15.6. The van der Waals surface area contributed by atoms with E-state index in [0.29, 0.717) is 17.4 Å². The second kappa shape index (κ2) is 6.42. The molecule has 0 aliphatic carbocycles. The van der Waals surface area contributed by atoms with Crippen LogP contribution in [-0.2, 0) is 10.9 Å². The normalized spacial score (nSPS) is 20.9. The molecule has 1 aliphatic heterocycles. The maximum Gasteiger partial charge on any atom is 0.435 e. The summed E-state index contributed by atoms with van der Waals surface area (Å²) in [6.45, 7) is 0.461. The number of carbonyl (C=O) groups excluding carboxylic acids is 1. The highest BCUT2D eigenvalue weighted by Crippen LogP contribution is 2.37. The van der Waals surface area contributed by atoms with Crippen LogP contribution in [0.1, 0.15) is 5.56 Å². The summed E-state index contributed by atoms with van der Waals surface area (Å²) in [5.41, 5.74) is -0.390. The lowest BCUT2D eigenvalue weighted by atomic mass is 10.2. The average Bonchev–Trinajstić information content (AvgIpc) is 2.78. The quantitative estimate of drug-likeness (QED) is 0.496. The Bertz CT molecular complexity index is 580. The lowest BCUT2D eigenvalue weighted by molar-refractivity contribution is -0.137. The molecule has 1 unspecified atom stereocenters. The second-order valence-corrected chi connectivity index (χ2v) is 7.57. The van der Waals surface area contributed by atoms with Gasteiger partial charge in [-0.3, -0.25) is 0 Å². The van der Waals surface area contributed by atoms with Gasteiger partial charge in [-0.1, -0.05) is 40.4 Å². The number of ether oxygens (including phenoxy) is 1. The van der Waals surface area contributed by atoms with Crippen LogP contribution >= 0.6 is 34.4 Å². The highest BCUT2D eigenvalue weighted by atomic mass is 127. The molecule has 0 aromatic heterocycles. The van der Waals surface area contributed by atoms with E-state index in [1.54, 1.807) is 11.0 Å². The number of methoxy groups -OCH3 is 1. The van der Waals surface area contributed by atoms with Crippen LogP contribution in [0.25, 0.3) is 0 Å². The molecule has 1 aromatic carbocycles. The molecule has 0 N–H and O–H groups in total. The number of thioether (sulfide) groups is 1. The SMILES string of the molecule is COC(=O)N=C1SC(I)CN1c1cccc(C(F)(F)F)c1. The van der Waals surface area contributed by atoms with E-state index in [1.807, 2.05) is 0 Å². The van der Waals surface area contributed by atoms with Crippen LogP contribution in [0.2, 0.25) is 0 Å². The van der Waals surface area contributed by atoms with Crippen molar-refractivity contribution < 1.29 is 22.7 Å². The minimum atomic E-state index is -4.41. The Balaban J connectivity index is 2.35. The van der Waals surface area contributed by atoms with E-state index >= 15 is 0 Å². The smallest absolute Gasteiger partial charge is 0.435 e. The Kier molecular flexibility index (Phi) is 5.02. The molecule has 0 radical (unpaired) electrons. The van der Waals surface area contributed by atoms with Gasteiger partial charge in [0.25, 0.3) is 0 Å². The van der Waals surface area contributed by atoms with Gasteiger partial charge in [-0.05, 0) is 18.2 Å². The standard InChI is InChI=1S/C12H10F3IN2O2S/c1-20-11(19)17-10-18(6-9(16)21-10)8-4-2-3-7(5-8)12(13,14)15/h2-5,9H,6H2,1H3. The van der Waals surface area contributed by atoms with Gasteiger partial charge in [0.05, 0.1) is 15.9 Å². The van der Waals surface area contributed by atoms with Gasteiger partial charge in [0.2, 0.25) is 0 Å². The number of amides is 1. The Hall–Kier alpha value is -0.970. The van der Waals surface area contributed by atoms with Gasteiger partial charge in [-0.15, -0.1) is 0 Å². The summed E-state index contributed by atoms with van der Waals surface area (Å²) >= 11 is 3.44. The number of halogens is 4. The monoisotopic (exact) mass is 430 g/mol. The fraction of sp³-hybridized carbons (Fsp3) is 0.333. The van der Waals surface area contributed by atoms with Crippen molar-refractivity contribution in [2.24, 2.45) is 4.99 Å².